The molecule has 1 aliphatic rings. The summed E-state index contributed by atoms with van der Waals surface area (Å²) in [5.74, 6) is 0.720. The maximum atomic E-state index is 13.0. The van der Waals surface area contributed by atoms with Crippen molar-refractivity contribution in [1.29, 1.82) is 0 Å². The standard InChI is InChI=1S/C22H28N4O4S/c1-14(2)12-18(21-23-16-8-4-5-9-17(16)24-21)25-22(27)19-13-20(15(3)30-19)31(28,29)26-10-6-7-11-26/h4-5,8-9,13-14,18H,6-7,10-12H2,1-3H3,(H,23,24)(H,25,27). The summed E-state index contributed by atoms with van der Waals surface area (Å²) in [5.41, 5.74) is 1.72. The number of furan rings is 1. The second-order valence-electron chi connectivity index (χ2n) is 8.44. The molecule has 31 heavy (non-hydrogen) atoms. The van der Waals surface area contributed by atoms with Gasteiger partial charge in [0.25, 0.3) is 5.91 Å². The van der Waals surface area contributed by atoms with Crippen LogP contribution in [0.2, 0.25) is 0 Å². The number of carbonyl (C=O) groups excluding carboxylic acids is 1. The number of imidazole rings is 1. The average molecular weight is 445 g/mol. The van der Waals surface area contributed by atoms with Gasteiger partial charge in [-0.05, 0) is 44.2 Å². The highest BCUT2D eigenvalue weighted by Crippen LogP contribution is 2.27. The first-order valence-electron chi connectivity index (χ1n) is 10.6. The third-order valence-electron chi connectivity index (χ3n) is 5.53. The maximum absolute atomic E-state index is 13.0. The van der Waals surface area contributed by atoms with E-state index >= 15 is 0 Å². The summed E-state index contributed by atoms with van der Waals surface area (Å²) in [5, 5.41) is 2.97. The Hall–Kier alpha value is -2.65. The fourth-order valence-electron chi connectivity index (χ4n) is 3.98. The molecule has 3 heterocycles. The highest BCUT2D eigenvalue weighted by Gasteiger charge is 2.32. The Morgan fingerprint density at radius 2 is 1.97 bits per heavy atom. The highest BCUT2D eigenvalue weighted by molar-refractivity contribution is 7.89. The van der Waals surface area contributed by atoms with Crippen LogP contribution in [0.25, 0.3) is 11.0 Å². The molecule has 2 aromatic heterocycles. The van der Waals surface area contributed by atoms with Crippen LogP contribution in [0.3, 0.4) is 0 Å². The molecule has 0 radical (unpaired) electrons. The lowest BCUT2D eigenvalue weighted by Gasteiger charge is -2.18. The molecule has 0 saturated carbocycles. The van der Waals surface area contributed by atoms with E-state index in [1.54, 1.807) is 6.92 Å². The Morgan fingerprint density at radius 1 is 1.26 bits per heavy atom. The van der Waals surface area contributed by atoms with Gasteiger partial charge in [-0.2, -0.15) is 4.31 Å². The first kappa shape index (κ1) is 21.6. The Balaban J connectivity index is 1.59. The lowest BCUT2D eigenvalue weighted by atomic mass is 10.0. The van der Waals surface area contributed by atoms with Crippen molar-refractivity contribution in [3.63, 3.8) is 0 Å². The molecule has 1 amide bonds. The number of aromatic amines is 1. The molecule has 2 N–H and O–H groups in total. The molecule has 1 fully saturated rings. The van der Waals surface area contributed by atoms with E-state index in [2.05, 4.69) is 29.1 Å². The van der Waals surface area contributed by atoms with Crippen molar-refractivity contribution in [3.05, 3.63) is 47.7 Å². The van der Waals surface area contributed by atoms with Crippen LogP contribution in [0.5, 0.6) is 0 Å². The lowest BCUT2D eigenvalue weighted by Crippen LogP contribution is -2.30. The molecule has 0 spiro atoms. The van der Waals surface area contributed by atoms with Gasteiger partial charge >= 0.3 is 0 Å². The molecule has 166 valence electrons. The molecule has 8 nitrogen and oxygen atoms in total. The number of carbonyl (C=O) groups is 1. The second kappa shape index (κ2) is 8.47. The molecule has 9 heteroatoms. The fourth-order valence-corrected chi connectivity index (χ4v) is 5.66. The number of amides is 1. The van der Waals surface area contributed by atoms with Gasteiger partial charge in [-0.3, -0.25) is 4.79 Å². The summed E-state index contributed by atoms with van der Waals surface area (Å²) in [4.78, 5) is 20.9. The monoisotopic (exact) mass is 444 g/mol. The first-order valence-corrected chi connectivity index (χ1v) is 12.1. The number of hydrogen-bond donors (Lipinski definition) is 2. The smallest absolute Gasteiger partial charge is 0.287 e. The number of aryl methyl sites for hydroxylation is 1. The summed E-state index contributed by atoms with van der Waals surface area (Å²) < 4.78 is 32.8. The van der Waals surface area contributed by atoms with Crippen molar-refractivity contribution in [2.24, 2.45) is 5.92 Å². The van der Waals surface area contributed by atoms with Gasteiger partial charge in [-0.15, -0.1) is 0 Å². The summed E-state index contributed by atoms with van der Waals surface area (Å²) in [7, 11) is -3.66. The number of benzene rings is 1. The second-order valence-corrected chi connectivity index (χ2v) is 10.3. The van der Waals surface area contributed by atoms with Crippen molar-refractivity contribution in [2.75, 3.05) is 13.1 Å². The largest absolute Gasteiger partial charge is 0.455 e. The predicted octanol–water partition coefficient (Wildman–Crippen LogP) is 3.77. The zero-order chi connectivity index (χ0) is 22.2. The van der Waals surface area contributed by atoms with Gasteiger partial charge in [0.15, 0.2) is 5.76 Å². The SMILES string of the molecule is Cc1oc(C(=O)NC(CC(C)C)c2nc3ccccc3[nH]2)cc1S(=O)(=O)N1CCCC1. The predicted molar refractivity (Wildman–Crippen MR) is 117 cm³/mol. The van der Waals surface area contributed by atoms with Crippen molar-refractivity contribution in [1.82, 2.24) is 19.6 Å². The summed E-state index contributed by atoms with van der Waals surface area (Å²) in [6, 6.07) is 8.67. The quantitative estimate of drug-likeness (QED) is 0.577. The van der Waals surface area contributed by atoms with Gasteiger partial charge in [0.05, 0.1) is 17.1 Å². The van der Waals surface area contributed by atoms with E-state index in [4.69, 9.17) is 4.42 Å². The number of para-hydroxylation sites is 2. The van der Waals surface area contributed by atoms with E-state index in [0.717, 1.165) is 23.9 Å². The first-order chi connectivity index (χ1) is 14.8. The van der Waals surface area contributed by atoms with Gasteiger partial charge in [0.2, 0.25) is 10.0 Å². The molecule has 1 unspecified atom stereocenters. The van der Waals surface area contributed by atoms with Gasteiger partial charge in [-0.1, -0.05) is 26.0 Å². The van der Waals surface area contributed by atoms with Crippen LogP contribution >= 0.6 is 0 Å². The number of nitrogens with zero attached hydrogens (tertiary/aromatic N) is 2. The van der Waals surface area contributed by atoms with Crippen LogP contribution in [-0.2, 0) is 10.0 Å². The van der Waals surface area contributed by atoms with E-state index in [-0.39, 0.29) is 22.5 Å². The Bertz CT molecular complexity index is 1160. The van der Waals surface area contributed by atoms with Crippen LogP contribution < -0.4 is 5.32 Å². The van der Waals surface area contributed by atoms with Crippen LogP contribution in [0.1, 0.15) is 61.3 Å². The summed E-state index contributed by atoms with van der Waals surface area (Å²) in [6.07, 6.45) is 2.36. The van der Waals surface area contributed by atoms with Crippen molar-refractivity contribution in [3.8, 4) is 0 Å². The molecule has 0 bridgehead atoms. The molecule has 1 aromatic carbocycles. The molecule has 1 aliphatic heterocycles. The fraction of sp³-hybridized carbons (Fsp3) is 0.455. The van der Waals surface area contributed by atoms with Gasteiger partial charge in [-0.25, -0.2) is 13.4 Å². The zero-order valence-electron chi connectivity index (χ0n) is 18.0. The van der Waals surface area contributed by atoms with Crippen LogP contribution in [-0.4, -0.2) is 41.7 Å². The van der Waals surface area contributed by atoms with Crippen molar-refractivity contribution < 1.29 is 17.6 Å². The minimum absolute atomic E-state index is 0.0138. The third-order valence-corrected chi connectivity index (χ3v) is 7.54. The van der Waals surface area contributed by atoms with E-state index in [1.807, 2.05) is 24.3 Å². The number of sulfonamides is 1. The summed E-state index contributed by atoms with van der Waals surface area (Å²) in [6.45, 7) is 6.71. The minimum atomic E-state index is -3.66. The molecular formula is C22H28N4O4S. The number of rotatable bonds is 7. The van der Waals surface area contributed by atoms with Gasteiger partial charge in [0, 0.05) is 19.2 Å². The number of hydrogen-bond acceptors (Lipinski definition) is 5. The van der Waals surface area contributed by atoms with E-state index in [0.29, 0.717) is 31.3 Å². The molecule has 1 atom stereocenters. The Kier molecular flexibility index (Phi) is 5.90. The van der Waals surface area contributed by atoms with Crippen molar-refractivity contribution in [2.45, 2.75) is 51.0 Å². The number of fused-ring (bicyclic) bond motifs is 1. The van der Waals surface area contributed by atoms with E-state index in [1.165, 1.54) is 10.4 Å². The Labute approximate surface area is 182 Å². The lowest BCUT2D eigenvalue weighted by molar-refractivity contribution is 0.0900. The molecule has 3 aromatic rings. The van der Waals surface area contributed by atoms with E-state index < -0.39 is 15.9 Å². The highest BCUT2D eigenvalue weighted by atomic mass is 32.2. The van der Waals surface area contributed by atoms with Crippen LogP contribution in [0, 0.1) is 12.8 Å². The van der Waals surface area contributed by atoms with Gasteiger partial charge in [0.1, 0.15) is 16.5 Å². The molecule has 4 rings (SSSR count). The summed E-state index contributed by atoms with van der Waals surface area (Å²) >= 11 is 0. The van der Waals surface area contributed by atoms with Crippen LogP contribution in [0.4, 0.5) is 0 Å². The van der Waals surface area contributed by atoms with Crippen molar-refractivity contribution >= 4 is 27.0 Å². The molecule has 1 saturated heterocycles. The number of aromatic nitrogens is 2. The normalized spacial score (nSPS) is 16.3. The number of nitrogens with one attached hydrogen (secondary N) is 2. The third kappa shape index (κ3) is 4.38. The van der Waals surface area contributed by atoms with E-state index in [9.17, 15) is 13.2 Å². The van der Waals surface area contributed by atoms with Gasteiger partial charge < -0.3 is 14.7 Å². The van der Waals surface area contributed by atoms with Crippen LogP contribution in [0.15, 0.2) is 39.6 Å². The Morgan fingerprint density at radius 3 is 2.65 bits per heavy atom. The minimum Gasteiger partial charge on any atom is -0.455 e. The number of H-pyrrole nitrogens is 1. The molecule has 0 aliphatic carbocycles. The maximum Gasteiger partial charge on any atom is 0.287 e. The average Bonchev–Trinajstić information content (AvgIpc) is 3.46. The zero-order valence-corrected chi connectivity index (χ0v) is 18.8. The topological polar surface area (TPSA) is 108 Å². The molecular weight excluding hydrogens is 416 g/mol.